The van der Waals surface area contributed by atoms with Gasteiger partial charge in [0.25, 0.3) is 0 Å². The van der Waals surface area contributed by atoms with E-state index in [4.69, 9.17) is 19.9 Å². The molecular formula is C27H34N2O6. The second-order valence-corrected chi connectivity index (χ2v) is 10.1. The molecule has 8 nitrogen and oxygen atoms in total. The third-order valence-electron chi connectivity index (χ3n) is 5.98. The zero-order valence-electron chi connectivity index (χ0n) is 20.9. The summed E-state index contributed by atoms with van der Waals surface area (Å²) in [5.74, 6) is -0.765. The Morgan fingerprint density at radius 3 is 2.20 bits per heavy atom. The molecule has 8 heteroatoms. The van der Waals surface area contributed by atoms with Gasteiger partial charge in [-0.05, 0) is 45.4 Å². The van der Waals surface area contributed by atoms with Crippen LogP contribution in [0.4, 0.5) is 0 Å². The van der Waals surface area contributed by atoms with Crippen LogP contribution in [0.5, 0.6) is 5.75 Å². The molecule has 0 aliphatic carbocycles. The topological polar surface area (TPSA) is 120 Å². The summed E-state index contributed by atoms with van der Waals surface area (Å²) in [5, 5.41) is 2.91. The molecule has 3 N–H and O–H groups in total. The van der Waals surface area contributed by atoms with Crippen molar-refractivity contribution >= 4 is 17.7 Å². The van der Waals surface area contributed by atoms with Crippen molar-refractivity contribution < 1.29 is 28.6 Å². The Hall–Kier alpha value is -3.23. The molecule has 0 spiro atoms. The van der Waals surface area contributed by atoms with Gasteiger partial charge >= 0.3 is 5.97 Å². The van der Waals surface area contributed by atoms with Crippen LogP contribution in [0.1, 0.15) is 56.5 Å². The third kappa shape index (κ3) is 6.68. The van der Waals surface area contributed by atoms with E-state index in [2.05, 4.69) is 5.32 Å². The van der Waals surface area contributed by atoms with Gasteiger partial charge in [-0.1, -0.05) is 42.5 Å². The molecule has 188 valence electrons. The predicted molar refractivity (Wildman–Crippen MR) is 131 cm³/mol. The first-order chi connectivity index (χ1) is 16.4. The molecule has 1 heterocycles. The molecule has 0 saturated carbocycles. The first kappa shape index (κ1) is 26.4. The molecule has 1 aliphatic heterocycles. The van der Waals surface area contributed by atoms with Crippen molar-refractivity contribution in [2.45, 2.75) is 63.3 Å². The fourth-order valence-electron chi connectivity index (χ4n) is 3.76. The summed E-state index contributed by atoms with van der Waals surface area (Å²) in [4.78, 5) is 39.3. The number of ether oxygens (including phenoxy) is 3. The van der Waals surface area contributed by atoms with E-state index in [1.54, 1.807) is 69.3 Å². The highest BCUT2D eigenvalue weighted by Crippen LogP contribution is 2.34. The molecule has 0 unspecified atom stereocenters. The summed E-state index contributed by atoms with van der Waals surface area (Å²) < 4.78 is 16.2. The molecule has 0 radical (unpaired) electrons. The lowest BCUT2D eigenvalue weighted by atomic mass is 9.85. The number of esters is 1. The van der Waals surface area contributed by atoms with E-state index >= 15 is 0 Å². The van der Waals surface area contributed by atoms with E-state index in [9.17, 15) is 14.4 Å². The van der Waals surface area contributed by atoms with Crippen LogP contribution in [0.15, 0.2) is 54.6 Å². The van der Waals surface area contributed by atoms with Crippen molar-refractivity contribution in [3.05, 3.63) is 65.7 Å². The highest BCUT2D eigenvalue weighted by molar-refractivity contribution is 5.97. The Balaban J connectivity index is 1.88. The third-order valence-corrected chi connectivity index (χ3v) is 5.98. The van der Waals surface area contributed by atoms with E-state index in [1.165, 1.54) is 7.11 Å². The second kappa shape index (κ2) is 10.2. The number of hydrogen-bond acceptors (Lipinski definition) is 7. The minimum atomic E-state index is -1.74. The van der Waals surface area contributed by atoms with Gasteiger partial charge < -0.3 is 25.3 Å². The van der Waals surface area contributed by atoms with Crippen LogP contribution in [-0.2, 0) is 24.6 Å². The molecule has 3 atom stereocenters. The van der Waals surface area contributed by atoms with Crippen molar-refractivity contribution in [1.29, 1.82) is 0 Å². The number of carbonyl (C=O) groups is 3. The van der Waals surface area contributed by atoms with Crippen molar-refractivity contribution in [3.63, 3.8) is 0 Å². The molecule has 0 aromatic heterocycles. The molecule has 1 fully saturated rings. The number of epoxide rings is 1. The molecule has 2 aromatic rings. The van der Waals surface area contributed by atoms with Gasteiger partial charge in [0.05, 0.1) is 26.2 Å². The van der Waals surface area contributed by atoms with Gasteiger partial charge in [0.1, 0.15) is 22.5 Å². The molecule has 1 amide bonds. The van der Waals surface area contributed by atoms with E-state index in [0.717, 1.165) is 0 Å². The first-order valence-electron chi connectivity index (χ1n) is 11.5. The molecule has 1 saturated heterocycles. The normalized spacial score (nSPS) is 19.7. The standard InChI is InChI=1S/C27H34N2O6/c1-25(2,3)35-23(31)16-27(28,19-11-13-20(33-5)14-12-19)24(32)29-22(26(4)17-34-26)15-21(30)18-9-7-6-8-10-18/h6-14,22H,15-17,28H2,1-5H3,(H,29,32)/t22-,26-,27-/m0/s1. The Kier molecular flexibility index (Phi) is 7.67. The highest BCUT2D eigenvalue weighted by atomic mass is 16.6. The first-order valence-corrected chi connectivity index (χ1v) is 11.5. The molecule has 35 heavy (non-hydrogen) atoms. The fraction of sp³-hybridized carbons (Fsp3) is 0.444. The Bertz CT molecular complexity index is 1060. The number of ketones is 1. The quantitative estimate of drug-likeness (QED) is 0.303. The van der Waals surface area contributed by atoms with Gasteiger partial charge in [0, 0.05) is 12.0 Å². The minimum Gasteiger partial charge on any atom is -0.497 e. The highest BCUT2D eigenvalue weighted by Gasteiger charge is 2.50. The van der Waals surface area contributed by atoms with Crippen LogP contribution < -0.4 is 15.8 Å². The average Bonchev–Trinajstić information content (AvgIpc) is 3.56. The molecular weight excluding hydrogens is 448 g/mol. The largest absolute Gasteiger partial charge is 0.497 e. The zero-order chi connectivity index (χ0) is 25.9. The molecule has 2 aromatic carbocycles. The second-order valence-electron chi connectivity index (χ2n) is 10.1. The van der Waals surface area contributed by atoms with Gasteiger partial charge in [0.15, 0.2) is 5.78 Å². The average molecular weight is 483 g/mol. The van der Waals surface area contributed by atoms with Crippen LogP contribution in [0.2, 0.25) is 0 Å². The minimum absolute atomic E-state index is 0.0252. The number of Topliss-reactive ketones (excluding diaryl/α,β-unsaturated/α-hetero) is 1. The number of benzene rings is 2. The van der Waals surface area contributed by atoms with Gasteiger partial charge in [-0.25, -0.2) is 0 Å². The summed E-state index contributed by atoms with van der Waals surface area (Å²) >= 11 is 0. The monoisotopic (exact) mass is 482 g/mol. The van der Waals surface area contributed by atoms with Gasteiger partial charge in [-0.2, -0.15) is 0 Å². The maximum Gasteiger partial charge on any atom is 0.309 e. The van der Waals surface area contributed by atoms with Crippen LogP contribution in [0, 0.1) is 0 Å². The van der Waals surface area contributed by atoms with Crippen LogP contribution >= 0.6 is 0 Å². The molecule has 0 bridgehead atoms. The number of hydrogen-bond donors (Lipinski definition) is 2. The van der Waals surface area contributed by atoms with E-state index < -0.39 is 34.7 Å². The summed E-state index contributed by atoms with van der Waals surface area (Å²) in [6.45, 7) is 7.45. The van der Waals surface area contributed by atoms with E-state index in [1.807, 2.05) is 13.0 Å². The smallest absolute Gasteiger partial charge is 0.309 e. The summed E-state index contributed by atoms with van der Waals surface area (Å²) in [5.41, 5.74) is 4.42. The maximum absolute atomic E-state index is 13.7. The number of rotatable bonds is 10. The fourth-order valence-corrected chi connectivity index (χ4v) is 3.76. The lowest BCUT2D eigenvalue weighted by molar-refractivity contribution is -0.158. The number of methoxy groups -OCH3 is 1. The van der Waals surface area contributed by atoms with E-state index in [-0.39, 0.29) is 18.6 Å². The van der Waals surface area contributed by atoms with Crippen LogP contribution in [-0.4, -0.2) is 48.6 Å². The lowest BCUT2D eigenvalue weighted by Gasteiger charge is -2.32. The molecule has 1 aliphatic rings. The molecule has 3 rings (SSSR count). The van der Waals surface area contributed by atoms with Gasteiger partial charge in [-0.3, -0.25) is 14.4 Å². The van der Waals surface area contributed by atoms with E-state index in [0.29, 0.717) is 23.5 Å². The van der Waals surface area contributed by atoms with Crippen molar-refractivity contribution in [1.82, 2.24) is 5.32 Å². The van der Waals surface area contributed by atoms with Crippen LogP contribution in [0.3, 0.4) is 0 Å². The van der Waals surface area contributed by atoms with Crippen molar-refractivity contribution in [3.8, 4) is 5.75 Å². The lowest BCUT2D eigenvalue weighted by Crippen LogP contribution is -2.58. The summed E-state index contributed by atoms with van der Waals surface area (Å²) in [6, 6.07) is 14.8. The predicted octanol–water partition coefficient (Wildman–Crippen LogP) is 3.13. The number of nitrogens with two attached hydrogens (primary N) is 1. The Labute approximate surface area is 206 Å². The number of nitrogens with one attached hydrogen (secondary N) is 1. The summed E-state index contributed by atoms with van der Waals surface area (Å²) in [6.07, 6.45) is -0.364. The zero-order valence-corrected chi connectivity index (χ0v) is 20.9. The van der Waals surface area contributed by atoms with Gasteiger partial charge in [-0.15, -0.1) is 0 Å². The van der Waals surface area contributed by atoms with Crippen LogP contribution in [0.25, 0.3) is 0 Å². The van der Waals surface area contributed by atoms with Crippen molar-refractivity contribution in [2.75, 3.05) is 13.7 Å². The van der Waals surface area contributed by atoms with Gasteiger partial charge in [0.2, 0.25) is 5.91 Å². The maximum atomic E-state index is 13.7. The Morgan fingerprint density at radius 2 is 1.69 bits per heavy atom. The number of amides is 1. The summed E-state index contributed by atoms with van der Waals surface area (Å²) in [7, 11) is 1.53. The Morgan fingerprint density at radius 1 is 1.09 bits per heavy atom. The van der Waals surface area contributed by atoms with Crippen molar-refractivity contribution in [2.24, 2.45) is 5.73 Å². The SMILES string of the molecule is COc1ccc([C@@](N)(CC(=O)OC(C)(C)C)C(=O)N[C@@H](CC(=O)c2ccccc2)[C@]2(C)CO2)cc1. The number of carbonyl (C=O) groups excluding carboxylic acids is 3.